The highest BCUT2D eigenvalue weighted by Gasteiger charge is 2.31. The molecular weight excluding hydrogens is 282 g/mol. The van der Waals surface area contributed by atoms with Crippen molar-refractivity contribution in [1.82, 2.24) is 5.32 Å². The summed E-state index contributed by atoms with van der Waals surface area (Å²) in [5.41, 5.74) is 0.340. The standard InChI is InChI=1S/C17H25NO2S/c1-13(2)21-15-7-5-14(6-8-15)11-16(19)18-12-17(20)9-3-4-10-17/h5-8,13,20H,3-4,9-12H2,1-2H3,(H,18,19). The van der Waals surface area contributed by atoms with E-state index in [9.17, 15) is 9.90 Å². The van der Waals surface area contributed by atoms with Crippen LogP contribution in [0.1, 0.15) is 45.1 Å². The van der Waals surface area contributed by atoms with E-state index in [2.05, 4.69) is 31.3 Å². The largest absolute Gasteiger partial charge is 0.388 e. The summed E-state index contributed by atoms with van der Waals surface area (Å²) in [6, 6.07) is 8.15. The van der Waals surface area contributed by atoms with Crippen molar-refractivity contribution in [2.75, 3.05) is 6.54 Å². The molecule has 3 nitrogen and oxygen atoms in total. The maximum Gasteiger partial charge on any atom is 0.224 e. The number of carbonyl (C=O) groups is 1. The number of amides is 1. The maximum atomic E-state index is 11.9. The molecule has 0 spiro atoms. The predicted octanol–water partition coefficient (Wildman–Crippen LogP) is 3.15. The molecule has 2 rings (SSSR count). The van der Waals surface area contributed by atoms with E-state index in [0.29, 0.717) is 18.2 Å². The van der Waals surface area contributed by atoms with Crippen molar-refractivity contribution >= 4 is 17.7 Å². The SMILES string of the molecule is CC(C)Sc1ccc(CC(=O)NCC2(O)CCCC2)cc1. The fourth-order valence-corrected chi connectivity index (χ4v) is 3.52. The van der Waals surface area contributed by atoms with Crippen molar-refractivity contribution < 1.29 is 9.90 Å². The van der Waals surface area contributed by atoms with Gasteiger partial charge in [0.05, 0.1) is 12.0 Å². The number of hydrogen-bond acceptors (Lipinski definition) is 3. The second-order valence-electron chi connectivity index (χ2n) is 6.20. The quantitative estimate of drug-likeness (QED) is 0.794. The first-order valence-electron chi connectivity index (χ1n) is 7.71. The third-order valence-corrected chi connectivity index (χ3v) is 4.82. The van der Waals surface area contributed by atoms with Gasteiger partial charge in [-0.1, -0.05) is 38.8 Å². The topological polar surface area (TPSA) is 49.3 Å². The number of rotatable bonds is 6. The molecule has 0 aromatic heterocycles. The van der Waals surface area contributed by atoms with Crippen molar-refractivity contribution in [2.45, 2.75) is 61.7 Å². The molecule has 1 aromatic rings. The van der Waals surface area contributed by atoms with Gasteiger partial charge in [-0.25, -0.2) is 0 Å². The van der Waals surface area contributed by atoms with Crippen LogP contribution in [0.2, 0.25) is 0 Å². The van der Waals surface area contributed by atoms with Crippen LogP contribution < -0.4 is 5.32 Å². The van der Waals surface area contributed by atoms with Crippen LogP contribution in [0.5, 0.6) is 0 Å². The van der Waals surface area contributed by atoms with Crippen LogP contribution in [0.25, 0.3) is 0 Å². The van der Waals surface area contributed by atoms with Gasteiger partial charge in [0.25, 0.3) is 0 Å². The third kappa shape index (κ3) is 5.36. The normalized spacial score (nSPS) is 17.1. The minimum Gasteiger partial charge on any atom is -0.388 e. The molecule has 4 heteroatoms. The van der Waals surface area contributed by atoms with Gasteiger partial charge >= 0.3 is 0 Å². The zero-order chi connectivity index (χ0) is 15.3. The number of carbonyl (C=O) groups excluding carboxylic acids is 1. The fourth-order valence-electron chi connectivity index (χ4n) is 2.68. The van der Waals surface area contributed by atoms with E-state index in [-0.39, 0.29) is 5.91 Å². The van der Waals surface area contributed by atoms with Crippen molar-refractivity contribution in [1.29, 1.82) is 0 Å². The number of benzene rings is 1. The van der Waals surface area contributed by atoms with E-state index in [4.69, 9.17) is 0 Å². The van der Waals surface area contributed by atoms with Gasteiger partial charge in [0.2, 0.25) is 5.91 Å². The zero-order valence-corrected chi connectivity index (χ0v) is 13.7. The fraction of sp³-hybridized carbons (Fsp3) is 0.588. The van der Waals surface area contributed by atoms with Crippen molar-refractivity contribution in [3.63, 3.8) is 0 Å². The molecule has 0 atom stereocenters. The third-order valence-electron chi connectivity index (χ3n) is 3.81. The Bertz CT molecular complexity index is 464. The number of hydrogen-bond donors (Lipinski definition) is 2. The molecule has 1 fully saturated rings. The Labute approximate surface area is 131 Å². The van der Waals surface area contributed by atoms with E-state index in [0.717, 1.165) is 31.2 Å². The first-order valence-corrected chi connectivity index (χ1v) is 8.59. The van der Waals surface area contributed by atoms with Gasteiger partial charge < -0.3 is 10.4 Å². The van der Waals surface area contributed by atoms with Crippen molar-refractivity contribution in [3.05, 3.63) is 29.8 Å². The molecule has 0 heterocycles. The van der Waals surface area contributed by atoms with Crippen molar-refractivity contribution in [3.8, 4) is 0 Å². The molecule has 1 aliphatic rings. The van der Waals surface area contributed by atoms with Gasteiger partial charge in [0.1, 0.15) is 0 Å². The summed E-state index contributed by atoms with van der Waals surface area (Å²) in [6.45, 7) is 4.71. The van der Waals surface area contributed by atoms with Crippen LogP contribution in [-0.4, -0.2) is 28.4 Å². The Hall–Kier alpha value is -1.00. The number of nitrogens with one attached hydrogen (secondary N) is 1. The van der Waals surface area contributed by atoms with Gasteiger partial charge in [-0.3, -0.25) is 4.79 Å². The van der Waals surface area contributed by atoms with Crippen LogP contribution in [0.15, 0.2) is 29.2 Å². The van der Waals surface area contributed by atoms with E-state index in [1.54, 1.807) is 0 Å². The first kappa shape index (κ1) is 16.4. The summed E-state index contributed by atoms with van der Waals surface area (Å²) in [7, 11) is 0. The molecule has 116 valence electrons. The van der Waals surface area contributed by atoms with E-state index in [1.165, 1.54) is 4.90 Å². The Balaban J connectivity index is 1.79. The molecular formula is C17H25NO2S. The molecule has 1 aromatic carbocycles. The van der Waals surface area contributed by atoms with E-state index in [1.807, 2.05) is 23.9 Å². The highest BCUT2D eigenvalue weighted by Crippen LogP contribution is 2.28. The molecule has 2 N–H and O–H groups in total. The molecule has 0 saturated heterocycles. The highest BCUT2D eigenvalue weighted by atomic mass is 32.2. The Morgan fingerprint density at radius 1 is 1.29 bits per heavy atom. The highest BCUT2D eigenvalue weighted by molar-refractivity contribution is 7.99. The second kappa shape index (κ2) is 7.32. The molecule has 1 aliphatic carbocycles. The Morgan fingerprint density at radius 3 is 2.48 bits per heavy atom. The monoisotopic (exact) mass is 307 g/mol. The first-order chi connectivity index (χ1) is 9.97. The van der Waals surface area contributed by atoms with Crippen LogP contribution in [-0.2, 0) is 11.2 Å². The lowest BCUT2D eigenvalue weighted by atomic mass is 10.0. The maximum absolute atomic E-state index is 11.9. The molecule has 1 amide bonds. The van der Waals surface area contributed by atoms with E-state index >= 15 is 0 Å². The minimum absolute atomic E-state index is 0.0143. The zero-order valence-electron chi connectivity index (χ0n) is 12.9. The Kier molecular flexibility index (Phi) is 5.71. The van der Waals surface area contributed by atoms with Gasteiger partial charge in [0.15, 0.2) is 0 Å². The smallest absolute Gasteiger partial charge is 0.224 e. The summed E-state index contributed by atoms with van der Waals surface area (Å²) in [5.74, 6) is -0.0143. The average Bonchev–Trinajstić information content (AvgIpc) is 2.86. The summed E-state index contributed by atoms with van der Waals surface area (Å²) in [6.07, 6.45) is 4.09. The van der Waals surface area contributed by atoms with Gasteiger partial charge in [-0.05, 0) is 30.5 Å². The van der Waals surface area contributed by atoms with Crippen LogP contribution in [0, 0.1) is 0 Å². The van der Waals surface area contributed by atoms with Crippen LogP contribution in [0.3, 0.4) is 0 Å². The second-order valence-corrected chi connectivity index (χ2v) is 7.85. The minimum atomic E-state index is -0.673. The molecule has 0 bridgehead atoms. The number of thioether (sulfide) groups is 1. The van der Waals surface area contributed by atoms with Crippen LogP contribution in [0.4, 0.5) is 0 Å². The molecule has 1 saturated carbocycles. The summed E-state index contributed by atoms with van der Waals surface area (Å²) >= 11 is 1.82. The summed E-state index contributed by atoms with van der Waals surface area (Å²) in [5, 5.41) is 13.6. The lowest BCUT2D eigenvalue weighted by molar-refractivity contribution is -0.121. The van der Waals surface area contributed by atoms with Gasteiger partial charge in [-0.2, -0.15) is 0 Å². The molecule has 21 heavy (non-hydrogen) atoms. The van der Waals surface area contributed by atoms with Crippen molar-refractivity contribution in [2.24, 2.45) is 0 Å². The molecule has 0 unspecified atom stereocenters. The van der Waals surface area contributed by atoms with E-state index < -0.39 is 5.60 Å². The van der Waals surface area contributed by atoms with Crippen LogP contribution >= 0.6 is 11.8 Å². The predicted molar refractivity (Wildman–Crippen MR) is 87.6 cm³/mol. The average molecular weight is 307 g/mol. The number of aliphatic hydroxyl groups is 1. The lowest BCUT2D eigenvalue weighted by Gasteiger charge is -2.22. The van der Waals surface area contributed by atoms with Gasteiger partial charge in [0, 0.05) is 16.7 Å². The molecule has 0 aliphatic heterocycles. The Morgan fingerprint density at radius 2 is 1.90 bits per heavy atom. The summed E-state index contributed by atoms with van der Waals surface area (Å²) in [4.78, 5) is 13.2. The molecule has 0 radical (unpaired) electrons. The van der Waals surface area contributed by atoms with Gasteiger partial charge in [-0.15, -0.1) is 11.8 Å². The lowest BCUT2D eigenvalue weighted by Crippen LogP contribution is -2.41. The summed E-state index contributed by atoms with van der Waals surface area (Å²) < 4.78 is 0.